The molecule has 11 nitrogen and oxygen atoms in total. The number of urea groups is 1. The molecule has 0 aliphatic carbocycles. The van der Waals surface area contributed by atoms with Gasteiger partial charge in [0.15, 0.2) is 0 Å². The topological polar surface area (TPSA) is 103 Å². The second kappa shape index (κ2) is 12.3. The summed E-state index contributed by atoms with van der Waals surface area (Å²) in [5.41, 5.74) is 0.972. The molecule has 1 aromatic heterocycles. The molecule has 1 saturated heterocycles. The summed E-state index contributed by atoms with van der Waals surface area (Å²) in [6.07, 6.45) is 6.52. The van der Waals surface area contributed by atoms with Crippen molar-refractivity contribution in [2.45, 2.75) is 25.4 Å². The number of anilines is 3. The van der Waals surface area contributed by atoms with Gasteiger partial charge in [-0.1, -0.05) is 29.3 Å². The minimum Gasteiger partial charge on any atom is -0.495 e. The average Bonchev–Trinajstić information content (AvgIpc) is 2.93. The van der Waals surface area contributed by atoms with Crippen LogP contribution in [0, 0.1) is 0 Å². The van der Waals surface area contributed by atoms with Crippen molar-refractivity contribution in [3.63, 3.8) is 0 Å². The first-order valence-electron chi connectivity index (χ1n) is 12.5. The summed E-state index contributed by atoms with van der Waals surface area (Å²) in [6.45, 7) is 1.75. The van der Waals surface area contributed by atoms with Crippen LogP contribution in [-0.2, 0) is 11.3 Å². The Balaban J connectivity index is 1.75. The van der Waals surface area contributed by atoms with Crippen molar-refractivity contribution < 1.29 is 19.1 Å². The van der Waals surface area contributed by atoms with Crippen LogP contribution in [-0.4, -0.2) is 92.7 Å². The number of ether oxygens (including phenoxy) is 2. The van der Waals surface area contributed by atoms with Gasteiger partial charge in [-0.3, -0.25) is 14.6 Å². The number of benzene rings is 1. The third-order valence-corrected chi connectivity index (χ3v) is 7.41. The zero-order chi connectivity index (χ0) is 28.3. The molecule has 39 heavy (non-hydrogen) atoms. The Morgan fingerprint density at radius 3 is 2.54 bits per heavy atom. The summed E-state index contributed by atoms with van der Waals surface area (Å²) in [4.78, 5) is 43.1. The molecule has 1 fully saturated rings. The number of nitrogens with one attached hydrogen (secondary N) is 1. The summed E-state index contributed by atoms with van der Waals surface area (Å²) in [5.74, 6) is 1.41. The minimum atomic E-state index is -0.371. The van der Waals surface area contributed by atoms with Crippen molar-refractivity contribution in [3.8, 4) is 11.5 Å². The standard InChI is InChI=1S/C26H33Cl2N7O4/c1-29-25-30-13-16-14-34(23-21(27)18(38-4)12-19(39-5)22(23)28)26(37)35(24(16)31-25)17-8-6-11-33(15-17)20(36)9-7-10-32(2)3/h7,9,12-13,17H,6,8,10-11,14-15H2,1-5H3,(H,29,30,31). The van der Waals surface area contributed by atoms with Crippen molar-refractivity contribution in [1.82, 2.24) is 19.8 Å². The number of hydrogen-bond donors (Lipinski definition) is 1. The minimum absolute atomic E-state index is 0.0923. The van der Waals surface area contributed by atoms with Crippen LogP contribution < -0.4 is 24.6 Å². The molecule has 0 spiro atoms. The predicted octanol–water partition coefficient (Wildman–Crippen LogP) is 3.90. The van der Waals surface area contributed by atoms with Crippen LogP contribution in [0.15, 0.2) is 24.4 Å². The van der Waals surface area contributed by atoms with Gasteiger partial charge >= 0.3 is 6.03 Å². The van der Waals surface area contributed by atoms with Gasteiger partial charge in [-0.15, -0.1) is 0 Å². The monoisotopic (exact) mass is 577 g/mol. The van der Waals surface area contributed by atoms with Crippen LogP contribution >= 0.6 is 23.2 Å². The fourth-order valence-electron chi connectivity index (χ4n) is 4.75. The molecule has 2 aliphatic heterocycles. The Bertz CT molecular complexity index is 1250. The number of likely N-dealkylation sites (N-methyl/N-ethyl adjacent to an activating group) is 1. The summed E-state index contributed by atoms with van der Waals surface area (Å²) >= 11 is 13.4. The van der Waals surface area contributed by atoms with Gasteiger partial charge in [0.1, 0.15) is 27.4 Å². The number of likely N-dealkylation sites (tertiary alicyclic amines) is 1. The largest absolute Gasteiger partial charge is 0.495 e. The van der Waals surface area contributed by atoms with E-state index in [1.54, 1.807) is 35.2 Å². The van der Waals surface area contributed by atoms with Gasteiger partial charge < -0.3 is 24.6 Å². The summed E-state index contributed by atoms with van der Waals surface area (Å²) in [7, 11) is 8.55. The van der Waals surface area contributed by atoms with E-state index in [4.69, 9.17) is 32.7 Å². The number of rotatable bonds is 8. The smallest absolute Gasteiger partial charge is 0.330 e. The quantitative estimate of drug-likeness (QED) is 0.471. The number of halogens is 2. The third kappa shape index (κ3) is 5.85. The van der Waals surface area contributed by atoms with Crippen molar-refractivity contribution in [1.29, 1.82) is 0 Å². The van der Waals surface area contributed by atoms with Gasteiger partial charge in [-0.05, 0) is 26.9 Å². The second-order valence-electron chi connectivity index (χ2n) is 9.53. The van der Waals surface area contributed by atoms with Crippen LogP contribution in [0.4, 0.5) is 22.2 Å². The Morgan fingerprint density at radius 1 is 1.23 bits per heavy atom. The van der Waals surface area contributed by atoms with Gasteiger partial charge in [0.25, 0.3) is 0 Å². The van der Waals surface area contributed by atoms with E-state index < -0.39 is 0 Å². The van der Waals surface area contributed by atoms with Gasteiger partial charge in [-0.2, -0.15) is 4.98 Å². The first-order chi connectivity index (χ1) is 18.7. The number of methoxy groups -OCH3 is 2. The lowest BCUT2D eigenvalue weighted by atomic mass is 10.0. The number of nitrogens with zero attached hydrogens (tertiary/aromatic N) is 6. The zero-order valence-electron chi connectivity index (χ0n) is 22.7. The molecule has 3 amide bonds. The van der Waals surface area contributed by atoms with E-state index in [2.05, 4.69) is 15.3 Å². The molecular weight excluding hydrogens is 545 g/mol. The van der Waals surface area contributed by atoms with Crippen molar-refractivity contribution in [3.05, 3.63) is 40.0 Å². The SMILES string of the molecule is CNc1ncc2c(n1)N(C1CCCN(C(=O)C=CCN(C)C)C1)C(=O)N(c1c(Cl)c(OC)cc(OC)c1Cl)C2. The van der Waals surface area contributed by atoms with Crippen LogP contribution in [0.5, 0.6) is 11.5 Å². The van der Waals surface area contributed by atoms with E-state index in [-0.39, 0.29) is 40.3 Å². The highest BCUT2D eigenvalue weighted by atomic mass is 35.5. The van der Waals surface area contributed by atoms with E-state index in [0.29, 0.717) is 54.9 Å². The average molecular weight is 579 g/mol. The zero-order valence-corrected chi connectivity index (χ0v) is 24.2. The molecule has 210 valence electrons. The molecule has 2 aliphatic rings. The number of carbonyl (C=O) groups excluding carboxylic acids is 2. The molecule has 4 rings (SSSR count). The molecule has 1 atom stereocenters. The fraction of sp³-hybridized carbons (Fsp3) is 0.462. The molecule has 1 unspecified atom stereocenters. The van der Waals surface area contributed by atoms with Crippen molar-refractivity contribution in [2.24, 2.45) is 0 Å². The van der Waals surface area contributed by atoms with E-state index in [1.165, 1.54) is 19.1 Å². The Morgan fingerprint density at radius 2 is 1.92 bits per heavy atom. The highest BCUT2D eigenvalue weighted by molar-refractivity contribution is 6.42. The van der Waals surface area contributed by atoms with Crippen LogP contribution in [0.25, 0.3) is 0 Å². The number of amides is 3. The lowest BCUT2D eigenvalue weighted by Crippen LogP contribution is -2.57. The number of carbonyl (C=O) groups is 2. The van der Waals surface area contributed by atoms with Gasteiger partial charge in [0.2, 0.25) is 11.9 Å². The van der Waals surface area contributed by atoms with E-state index in [9.17, 15) is 9.59 Å². The van der Waals surface area contributed by atoms with Crippen LogP contribution in [0.2, 0.25) is 10.0 Å². The lowest BCUT2D eigenvalue weighted by molar-refractivity contribution is -0.127. The van der Waals surface area contributed by atoms with E-state index in [0.717, 1.165) is 6.42 Å². The first kappa shape index (κ1) is 28.7. The molecule has 3 heterocycles. The maximum atomic E-state index is 14.3. The maximum absolute atomic E-state index is 14.3. The summed E-state index contributed by atoms with van der Waals surface area (Å²) < 4.78 is 10.9. The summed E-state index contributed by atoms with van der Waals surface area (Å²) in [6, 6.07) is 0.874. The van der Waals surface area contributed by atoms with Gasteiger partial charge in [0, 0.05) is 50.6 Å². The maximum Gasteiger partial charge on any atom is 0.330 e. The fourth-order valence-corrected chi connectivity index (χ4v) is 5.45. The number of fused-ring (bicyclic) bond motifs is 1. The molecule has 0 bridgehead atoms. The number of hydrogen-bond acceptors (Lipinski definition) is 8. The Hall–Kier alpha value is -3.28. The Labute approximate surface area is 238 Å². The highest BCUT2D eigenvalue weighted by Crippen LogP contribution is 2.48. The molecule has 0 saturated carbocycles. The van der Waals surface area contributed by atoms with E-state index in [1.807, 2.05) is 25.1 Å². The third-order valence-electron chi connectivity index (χ3n) is 6.68. The number of piperidine rings is 1. The molecule has 0 radical (unpaired) electrons. The molecular formula is C26H33Cl2N7O4. The second-order valence-corrected chi connectivity index (χ2v) is 10.3. The molecule has 1 aromatic carbocycles. The number of aromatic nitrogens is 2. The predicted molar refractivity (Wildman–Crippen MR) is 152 cm³/mol. The summed E-state index contributed by atoms with van der Waals surface area (Å²) in [5, 5.41) is 3.30. The van der Waals surface area contributed by atoms with Crippen molar-refractivity contribution >= 4 is 52.6 Å². The van der Waals surface area contributed by atoms with Crippen LogP contribution in [0.3, 0.4) is 0 Å². The van der Waals surface area contributed by atoms with Crippen LogP contribution in [0.1, 0.15) is 18.4 Å². The molecule has 13 heteroatoms. The normalized spacial score (nSPS) is 17.6. The lowest BCUT2D eigenvalue weighted by Gasteiger charge is -2.44. The highest BCUT2D eigenvalue weighted by Gasteiger charge is 2.41. The van der Waals surface area contributed by atoms with Gasteiger partial charge in [-0.25, -0.2) is 9.78 Å². The van der Waals surface area contributed by atoms with Crippen molar-refractivity contribution in [2.75, 3.05) is 70.1 Å². The van der Waals surface area contributed by atoms with E-state index >= 15 is 0 Å². The first-order valence-corrected chi connectivity index (χ1v) is 13.3. The molecule has 2 aromatic rings. The van der Waals surface area contributed by atoms with Gasteiger partial charge in [0.05, 0.1) is 32.5 Å². The Kier molecular flexibility index (Phi) is 9.04. The molecule has 1 N–H and O–H groups in total.